The van der Waals surface area contributed by atoms with E-state index in [0.29, 0.717) is 0 Å². The number of hydrogen-bond donors (Lipinski definition) is 3. The van der Waals surface area contributed by atoms with Gasteiger partial charge in [0.05, 0.1) is 6.61 Å². The molecule has 0 heterocycles. The average Bonchev–Trinajstić information content (AvgIpc) is 2.95. The van der Waals surface area contributed by atoms with Crippen LogP contribution in [0.1, 0.15) is 11.1 Å². The Balaban J connectivity index is 0.000000153. The molecule has 1 atom stereocenters. The van der Waals surface area contributed by atoms with Crippen LogP contribution in [0, 0.1) is 0 Å². The molecule has 4 nitrogen and oxygen atoms in total. The molecule has 15 heavy (non-hydrogen) atoms. The summed E-state index contributed by atoms with van der Waals surface area (Å²) < 4.78 is 0. The van der Waals surface area contributed by atoms with Gasteiger partial charge in [-0.1, -0.05) is 17.7 Å². The molecule has 1 aliphatic carbocycles. The number of rotatable bonds is 2. The highest BCUT2D eigenvalue weighted by Gasteiger charge is 2.14. The van der Waals surface area contributed by atoms with E-state index in [1.54, 1.807) is 0 Å². The first-order valence-corrected chi connectivity index (χ1v) is 4.79. The van der Waals surface area contributed by atoms with E-state index in [0.717, 1.165) is 11.4 Å². The minimum absolute atomic E-state index is 0.505. The summed E-state index contributed by atoms with van der Waals surface area (Å²) in [5.74, 6) is -1.18. The predicted molar refractivity (Wildman–Crippen MR) is 57.0 cm³/mol. The molecule has 82 valence electrons. The number of benzene rings is 1. The molecule has 0 bridgehead atoms. The highest BCUT2D eigenvalue weighted by molar-refractivity contribution is 6.30. The summed E-state index contributed by atoms with van der Waals surface area (Å²) in [5.41, 5.74) is 7.63. The maximum atomic E-state index is 9.65. The molecule has 2 rings (SSSR count). The number of aliphatic carboxylic acids is 1. The minimum Gasteiger partial charge on any atom is -0.480 e. The summed E-state index contributed by atoms with van der Waals surface area (Å²) >= 11 is 5.68. The number of nitrogens with two attached hydrogens (primary N) is 1. The zero-order valence-corrected chi connectivity index (χ0v) is 8.74. The van der Waals surface area contributed by atoms with Gasteiger partial charge in [0.2, 0.25) is 0 Å². The molecular formula is C10H12ClNO3. The van der Waals surface area contributed by atoms with Crippen LogP contribution in [0.3, 0.4) is 0 Å². The molecule has 5 heteroatoms. The van der Waals surface area contributed by atoms with E-state index in [9.17, 15) is 4.79 Å². The molecule has 4 N–H and O–H groups in total. The first-order chi connectivity index (χ1) is 7.04. The summed E-state index contributed by atoms with van der Waals surface area (Å²) in [6, 6.07) is 4.92. The van der Waals surface area contributed by atoms with Crippen molar-refractivity contribution in [2.75, 3.05) is 6.61 Å². The van der Waals surface area contributed by atoms with Gasteiger partial charge in [0.25, 0.3) is 0 Å². The van der Waals surface area contributed by atoms with Crippen LogP contribution < -0.4 is 5.73 Å². The van der Waals surface area contributed by atoms with Crippen LogP contribution in [0.2, 0.25) is 5.02 Å². The van der Waals surface area contributed by atoms with Crippen molar-refractivity contribution < 1.29 is 15.0 Å². The van der Waals surface area contributed by atoms with E-state index in [2.05, 4.69) is 6.07 Å². The van der Waals surface area contributed by atoms with Gasteiger partial charge in [0.15, 0.2) is 0 Å². The third kappa shape index (κ3) is 3.87. The van der Waals surface area contributed by atoms with Gasteiger partial charge in [-0.2, -0.15) is 0 Å². The normalized spacial score (nSPS) is 13.3. The van der Waals surface area contributed by atoms with E-state index in [1.165, 1.54) is 11.1 Å². The van der Waals surface area contributed by atoms with Crippen molar-refractivity contribution in [1.82, 2.24) is 0 Å². The van der Waals surface area contributed by atoms with Gasteiger partial charge in [-0.05, 0) is 29.7 Å². The van der Waals surface area contributed by atoms with Crippen LogP contribution in [0.25, 0.3) is 0 Å². The smallest absolute Gasteiger partial charge is 0.322 e. The number of fused-ring (bicyclic) bond motifs is 1. The van der Waals surface area contributed by atoms with E-state index in [1.807, 2.05) is 12.1 Å². The second-order valence-electron chi connectivity index (χ2n) is 3.22. The van der Waals surface area contributed by atoms with Crippen molar-refractivity contribution in [2.45, 2.75) is 12.5 Å². The lowest BCUT2D eigenvalue weighted by Crippen LogP contribution is -2.33. The van der Waals surface area contributed by atoms with Crippen LogP contribution in [-0.2, 0) is 11.2 Å². The van der Waals surface area contributed by atoms with Gasteiger partial charge in [-0.3, -0.25) is 4.79 Å². The lowest BCUT2D eigenvalue weighted by molar-refractivity contribution is -0.139. The summed E-state index contributed by atoms with van der Waals surface area (Å²) in [7, 11) is 0. The van der Waals surface area contributed by atoms with Crippen molar-refractivity contribution in [1.29, 1.82) is 0 Å². The first kappa shape index (κ1) is 12.0. The van der Waals surface area contributed by atoms with Gasteiger partial charge in [0, 0.05) is 5.02 Å². The van der Waals surface area contributed by atoms with Crippen LogP contribution >= 0.6 is 11.6 Å². The zero-order chi connectivity index (χ0) is 11.4. The number of aliphatic hydroxyl groups is 1. The third-order valence-electron chi connectivity index (χ3n) is 1.94. The second-order valence-corrected chi connectivity index (χ2v) is 3.65. The fraction of sp³-hybridized carbons (Fsp3) is 0.300. The number of hydrogen-bond acceptors (Lipinski definition) is 3. The summed E-state index contributed by atoms with van der Waals surface area (Å²) in [6.45, 7) is -0.505. The minimum atomic E-state index is -1.18. The maximum absolute atomic E-state index is 9.65. The standard InChI is InChI=1S/C7H5Cl.C3H7NO3/c8-7-2-1-5-3-6(5)4-7;4-2(1-5)3(6)7/h1-2,4H,3H2;2,5H,1,4H2,(H,6,7)/t;2-/m.0/s1. The van der Waals surface area contributed by atoms with Gasteiger partial charge in [-0.15, -0.1) is 0 Å². The Bertz CT molecular complexity index is 367. The lowest BCUT2D eigenvalue weighted by Gasteiger charge is -1.96. The highest BCUT2D eigenvalue weighted by Crippen LogP contribution is 2.29. The maximum Gasteiger partial charge on any atom is 0.322 e. The number of halogens is 1. The number of carbonyl (C=O) groups is 1. The van der Waals surface area contributed by atoms with Crippen molar-refractivity contribution in [3.05, 3.63) is 34.3 Å². The van der Waals surface area contributed by atoms with E-state index < -0.39 is 18.6 Å². The van der Waals surface area contributed by atoms with Gasteiger partial charge in [-0.25, -0.2) is 0 Å². The van der Waals surface area contributed by atoms with Crippen LogP contribution in [0.5, 0.6) is 0 Å². The molecule has 0 saturated carbocycles. The van der Waals surface area contributed by atoms with E-state index in [-0.39, 0.29) is 0 Å². The van der Waals surface area contributed by atoms with Crippen molar-refractivity contribution >= 4 is 17.6 Å². The second kappa shape index (κ2) is 5.11. The van der Waals surface area contributed by atoms with Gasteiger partial charge in [0.1, 0.15) is 6.04 Å². The fourth-order valence-corrected chi connectivity index (χ4v) is 1.14. The van der Waals surface area contributed by atoms with Crippen LogP contribution in [0.15, 0.2) is 18.2 Å². The Morgan fingerprint density at radius 3 is 2.53 bits per heavy atom. The highest BCUT2D eigenvalue weighted by atomic mass is 35.5. The Labute approximate surface area is 92.3 Å². The molecule has 0 fully saturated rings. The lowest BCUT2D eigenvalue weighted by atomic mass is 10.3. The quantitative estimate of drug-likeness (QED) is 0.706. The summed E-state index contributed by atoms with van der Waals surface area (Å²) in [4.78, 5) is 9.65. The van der Waals surface area contributed by atoms with E-state index >= 15 is 0 Å². The molecule has 0 aliphatic heterocycles. The Morgan fingerprint density at radius 2 is 2.20 bits per heavy atom. The molecule has 0 spiro atoms. The molecule has 0 amide bonds. The topological polar surface area (TPSA) is 83.5 Å². The molecule has 1 aromatic rings. The first-order valence-electron chi connectivity index (χ1n) is 4.41. The van der Waals surface area contributed by atoms with Crippen LogP contribution in [-0.4, -0.2) is 28.8 Å². The molecule has 1 aliphatic rings. The van der Waals surface area contributed by atoms with E-state index in [4.69, 9.17) is 27.5 Å². The monoisotopic (exact) mass is 229 g/mol. The largest absolute Gasteiger partial charge is 0.480 e. The Morgan fingerprint density at radius 1 is 1.53 bits per heavy atom. The number of carboxylic acid groups (broad SMARTS) is 1. The predicted octanol–water partition coefficient (Wildman–Crippen LogP) is 0.635. The SMILES string of the molecule is Clc1ccc2c(c1)C2.N[C@@H](CO)C(=O)O. The summed E-state index contributed by atoms with van der Waals surface area (Å²) in [5, 5.41) is 16.8. The third-order valence-corrected chi connectivity index (χ3v) is 2.17. The zero-order valence-electron chi connectivity index (χ0n) is 7.98. The van der Waals surface area contributed by atoms with Crippen molar-refractivity contribution in [2.24, 2.45) is 5.73 Å². The Kier molecular flexibility index (Phi) is 4.08. The Hall–Kier alpha value is -1.10. The average molecular weight is 230 g/mol. The molecular weight excluding hydrogens is 218 g/mol. The van der Waals surface area contributed by atoms with Crippen molar-refractivity contribution in [3.63, 3.8) is 0 Å². The summed E-state index contributed by atoms with van der Waals surface area (Å²) in [6.07, 6.45) is 1.16. The van der Waals surface area contributed by atoms with Crippen molar-refractivity contribution in [3.8, 4) is 0 Å². The molecule has 0 unspecified atom stereocenters. The molecule has 0 radical (unpaired) electrons. The molecule has 0 aromatic heterocycles. The number of carboxylic acids is 1. The van der Waals surface area contributed by atoms with Gasteiger partial charge < -0.3 is 15.9 Å². The molecule has 1 aromatic carbocycles. The molecule has 0 saturated heterocycles. The number of aliphatic hydroxyl groups excluding tert-OH is 1. The van der Waals surface area contributed by atoms with Gasteiger partial charge >= 0.3 is 5.97 Å². The van der Waals surface area contributed by atoms with Crippen LogP contribution in [0.4, 0.5) is 0 Å². The fourth-order valence-electron chi connectivity index (χ4n) is 0.944.